The molecule has 0 spiro atoms. The maximum Gasteiger partial charge on any atom is 0.0957 e. The summed E-state index contributed by atoms with van der Waals surface area (Å²) in [7, 11) is 0. The highest BCUT2D eigenvalue weighted by Crippen LogP contribution is 2.12. The fourth-order valence-corrected chi connectivity index (χ4v) is 2.22. The molecule has 0 bridgehead atoms. The highest BCUT2D eigenvalue weighted by molar-refractivity contribution is 5.79. The fourth-order valence-electron chi connectivity index (χ4n) is 2.22. The molecule has 2 nitrogen and oxygen atoms in total. The van der Waals surface area contributed by atoms with E-state index in [1.54, 1.807) is 0 Å². The number of piperidine rings is 1. The van der Waals surface area contributed by atoms with E-state index in [9.17, 15) is 0 Å². The monoisotopic (exact) mass is 210 g/mol. The lowest BCUT2D eigenvalue weighted by Gasteiger charge is -2.29. The van der Waals surface area contributed by atoms with Crippen molar-refractivity contribution in [2.75, 3.05) is 13.1 Å². The van der Waals surface area contributed by atoms with Gasteiger partial charge in [-0.15, -0.1) is 0 Å². The van der Waals surface area contributed by atoms with Crippen molar-refractivity contribution in [3.05, 3.63) is 0 Å². The van der Waals surface area contributed by atoms with Crippen LogP contribution >= 0.6 is 0 Å². The molecule has 15 heavy (non-hydrogen) atoms. The normalized spacial score (nSPS) is 17.1. The number of nitrogens with zero attached hydrogens (tertiary/aromatic N) is 1. The highest BCUT2D eigenvalue weighted by Gasteiger charge is 2.13. The molecule has 0 aromatic heterocycles. The summed E-state index contributed by atoms with van der Waals surface area (Å²) in [6.45, 7) is 4.52. The van der Waals surface area contributed by atoms with Crippen LogP contribution < -0.4 is 0 Å². The molecule has 1 heterocycles. The molecular formula is C13H26N2. The number of hydrogen-bond donors (Lipinski definition) is 1. The van der Waals surface area contributed by atoms with E-state index in [4.69, 9.17) is 5.41 Å². The molecule has 1 fully saturated rings. The molecule has 88 valence electrons. The molecule has 1 N–H and O–H groups in total. The lowest BCUT2D eigenvalue weighted by atomic mass is 10.1. The zero-order chi connectivity index (χ0) is 10.9. The molecule has 0 unspecified atom stereocenters. The second-order valence-electron chi connectivity index (χ2n) is 4.66. The Labute approximate surface area is 94.6 Å². The summed E-state index contributed by atoms with van der Waals surface area (Å²) in [6, 6.07) is 0. The summed E-state index contributed by atoms with van der Waals surface area (Å²) < 4.78 is 0. The van der Waals surface area contributed by atoms with E-state index >= 15 is 0 Å². The summed E-state index contributed by atoms with van der Waals surface area (Å²) in [6.07, 6.45) is 11.7. The SMILES string of the molecule is CCCCCCCCN1CCCCC1=N. The first kappa shape index (κ1) is 12.5. The van der Waals surface area contributed by atoms with E-state index in [2.05, 4.69) is 11.8 Å². The Morgan fingerprint density at radius 1 is 1.07 bits per heavy atom. The van der Waals surface area contributed by atoms with Crippen LogP contribution in [0.2, 0.25) is 0 Å². The van der Waals surface area contributed by atoms with Gasteiger partial charge in [0, 0.05) is 19.5 Å². The molecule has 1 saturated heterocycles. The quantitative estimate of drug-likeness (QED) is 0.636. The first-order valence-electron chi connectivity index (χ1n) is 6.67. The van der Waals surface area contributed by atoms with Crippen molar-refractivity contribution in [1.29, 1.82) is 5.41 Å². The predicted octanol–water partition coefficient (Wildman–Crippen LogP) is 3.81. The Hall–Kier alpha value is -0.530. The van der Waals surface area contributed by atoms with E-state index < -0.39 is 0 Å². The van der Waals surface area contributed by atoms with Crippen molar-refractivity contribution in [1.82, 2.24) is 4.90 Å². The molecule has 0 aliphatic carbocycles. The van der Waals surface area contributed by atoms with Gasteiger partial charge in [-0.3, -0.25) is 5.41 Å². The van der Waals surface area contributed by atoms with Gasteiger partial charge in [-0.1, -0.05) is 39.0 Å². The van der Waals surface area contributed by atoms with E-state index in [1.165, 1.54) is 51.4 Å². The molecule has 1 rings (SSSR count). The average Bonchev–Trinajstić information content (AvgIpc) is 2.25. The van der Waals surface area contributed by atoms with Crippen LogP contribution in [0.5, 0.6) is 0 Å². The topological polar surface area (TPSA) is 27.1 Å². The molecule has 1 aliphatic rings. The summed E-state index contributed by atoms with van der Waals surface area (Å²) in [4.78, 5) is 2.28. The number of amidine groups is 1. The van der Waals surface area contributed by atoms with Crippen molar-refractivity contribution < 1.29 is 0 Å². The molecule has 0 atom stereocenters. The smallest absolute Gasteiger partial charge is 0.0957 e. The van der Waals surface area contributed by atoms with Crippen LogP contribution in [-0.2, 0) is 0 Å². The van der Waals surface area contributed by atoms with Gasteiger partial charge in [0.05, 0.1) is 5.84 Å². The third-order valence-corrected chi connectivity index (χ3v) is 3.25. The number of unbranched alkanes of at least 4 members (excludes halogenated alkanes) is 5. The highest BCUT2D eigenvalue weighted by atomic mass is 15.2. The summed E-state index contributed by atoms with van der Waals surface area (Å²) in [5.41, 5.74) is 0. The fraction of sp³-hybridized carbons (Fsp3) is 0.923. The second-order valence-corrected chi connectivity index (χ2v) is 4.66. The number of hydrogen-bond acceptors (Lipinski definition) is 1. The van der Waals surface area contributed by atoms with Gasteiger partial charge < -0.3 is 4.90 Å². The largest absolute Gasteiger partial charge is 0.361 e. The first-order valence-corrected chi connectivity index (χ1v) is 6.67. The van der Waals surface area contributed by atoms with Gasteiger partial charge in [0.2, 0.25) is 0 Å². The van der Waals surface area contributed by atoms with Crippen LogP contribution in [0.1, 0.15) is 64.7 Å². The Morgan fingerprint density at radius 3 is 2.53 bits per heavy atom. The third kappa shape index (κ3) is 5.19. The van der Waals surface area contributed by atoms with Gasteiger partial charge in [0.15, 0.2) is 0 Å². The summed E-state index contributed by atoms with van der Waals surface area (Å²) in [5.74, 6) is 0.884. The van der Waals surface area contributed by atoms with Crippen molar-refractivity contribution in [3.63, 3.8) is 0 Å². The predicted molar refractivity (Wildman–Crippen MR) is 66.5 cm³/mol. The van der Waals surface area contributed by atoms with Crippen LogP contribution in [0, 0.1) is 5.41 Å². The van der Waals surface area contributed by atoms with Gasteiger partial charge in [0.1, 0.15) is 0 Å². The maximum atomic E-state index is 7.82. The zero-order valence-electron chi connectivity index (χ0n) is 10.2. The van der Waals surface area contributed by atoms with Crippen LogP contribution in [0.3, 0.4) is 0 Å². The molecule has 0 saturated carbocycles. The van der Waals surface area contributed by atoms with Gasteiger partial charge >= 0.3 is 0 Å². The molecule has 1 aliphatic heterocycles. The van der Waals surface area contributed by atoms with Crippen molar-refractivity contribution in [2.45, 2.75) is 64.7 Å². The van der Waals surface area contributed by atoms with Crippen LogP contribution in [0.4, 0.5) is 0 Å². The Bertz CT molecular complexity index is 177. The minimum atomic E-state index is 0.884. The standard InChI is InChI=1S/C13H26N2/c1-2-3-4-5-6-8-11-15-12-9-7-10-13(15)14/h14H,2-12H2,1H3. The van der Waals surface area contributed by atoms with E-state index in [0.29, 0.717) is 0 Å². The van der Waals surface area contributed by atoms with Crippen molar-refractivity contribution in [3.8, 4) is 0 Å². The summed E-state index contributed by atoms with van der Waals surface area (Å²) >= 11 is 0. The van der Waals surface area contributed by atoms with E-state index in [1.807, 2.05) is 0 Å². The molecule has 0 aromatic rings. The second kappa shape index (κ2) is 7.72. The zero-order valence-corrected chi connectivity index (χ0v) is 10.2. The minimum Gasteiger partial charge on any atom is -0.361 e. The molecular weight excluding hydrogens is 184 g/mol. The van der Waals surface area contributed by atoms with Crippen LogP contribution in [0.25, 0.3) is 0 Å². The summed E-state index contributed by atoms with van der Waals surface area (Å²) in [5, 5.41) is 7.82. The van der Waals surface area contributed by atoms with Gasteiger partial charge in [-0.05, 0) is 19.3 Å². The van der Waals surface area contributed by atoms with E-state index in [0.717, 1.165) is 25.3 Å². The average molecular weight is 210 g/mol. The number of rotatable bonds is 7. The van der Waals surface area contributed by atoms with Crippen LogP contribution in [-0.4, -0.2) is 23.8 Å². The first-order chi connectivity index (χ1) is 7.34. The Kier molecular flexibility index (Phi) is 6.45. The lowest BCUT2D eigenvalue weighted by Crippen LogP contribution is -2.35. The van der Waals surface area contributed by atoms with Crippen LogP contribution in [0.15, 0.2) is 0 Å². The maximum absolute atomic E-state index is 7.82. The molecule has 2 heteroatoms. The van der Waals surface area contributed by atoms with Gasteiger partial charge in [-0.2, -0.15) is 0 Å². The molecule has 0 radical (unpaired) electrons. The van der Waals surface area contributed by atoms with Gasteiger partial charge in [-0.25, -0.2) is 0 Å². The van der Waals surface area contributed by atoms with Gasteiger partial charge in [0.25, 0.3) is 0 Å². The van der Waals surface area contributed by atoms with Crippen molar-refractivity contribution in [2.24, 2.45) is 0 Å². The molecule has 0 aromatic carbocycles. The Balaban J connectivity index is 1.96. The molecule has 0 amide bonds. The number of nitrogens with one attached hydrogen (secondary N) is 1. The van der Waals surface area contributed by atoms with Crippen molar-refractivity contribution >= 4 is 5.84 Å². The minimum absolute atomic E-state index is 0.884. The Morgan fingerprint density at radius 2 is 1.80 bits per heavy atom. The lowest BCUT2D eigenvalue weighted by molar-refractivity contribution is 0.355. The third-order valence-electron chi connectivity index (χ3n) is 3.25. The number of likely N-dealkylation sites (tertiary alicyclic amines) is 1. The van der Waals surface area contributed by atoms with E-state index in [-0.39, 0.29) is 0 Å².